The summed E-state index contributed by atoms with van der Waals surface area (Å²) >= 11 is 0. The molecule has 2 saturated carbocycles. The average molecular weight is 489 g/mol. The highest BCUT2D eigenvalue weighted by molar-refractivity contribution is 7.89. The Balaban J connectivity index is 1.48. The molecular formula is C26H40N4O3S. The molecule has 2 aliphatic rings. The van der Waals surface area contributed by atoms with E-state index in [9.17, 15) is 13.2 Å². The quantitative estimate of drug-likeness (QED) is 0.510. The Hall–Kier alpha value is -1.93. The lowest BCUT2D eigenvalue weighted by Crippen LogP contribution is -2.40. The first-order valence-corrected chi connectivity index (χ1v) is 14.5. The number of fused-ring (bicyclic) bond motifs is 3. The van der Waals surface area contributed by atoms with Crippen LogP contribution in [0.3, 0.4) is 0 Å². The van der Waals surface area contributed by atoms with Gasteiger partial charge in [-0.1, -0.05) is 27.2 Å². The summed E-state index contributed by atoms with van der Waals surface area (Å²) in [5.41, 5.74) is 1.60. The van der Waals surface area contributed by atoms with Crippen molar-refractivity contribution in [3.05, 3.63) is 24.0 Å². The highest BCUT2D eigenvalue weighted by Crippen LogP contribution is 2.49. The fraction of sp³-hybridized carbons (Fsp3) is 0.692. The molecule has 2 aliphatic carbocycles. The van der Waals surface area contributed by atoms with Gasteiger partial charge < -0.3 is 9.88 Å². The lowest BCUT2D eigenvalue weighted by atomic mass is 9.84. The molecular weight excluding hydrogens is 448 g/mol. The van der Waals surface area contributed by atoms with Gasteiger partial charge in [0.2, 0.25) is 15.9 Å². The van der Waals surface area contributed by atoms with E-state index in [1.165, 1.54) is 30.0 Å². The minimum atomic E-state index is -3.54. The molecule has 1 amide bonds. The number of aryl methyl sites for hydroxylation is 2. The number of nitrogens with zero attached hydrogens (tertiary/aromatic N) is 3. The van der Waals surface area contributed by atoms with Crippen LogP contribution in [0.15, 0.2) is 23.1 Å². The number of benzene rings is 1. The normalized spacial score (nSPS) is 23.1. The number of hydrogen-bond acceptors (Lipinski definition) is 4. The van der Waals surface area contributed by atoms with Crippen LogP contribution in [0.1, 0.15) is 72.0 Å². The Labute approximate surface area is 204 Å². The van der Waals surface area contributed by atoms with Crippen LogP contribution in [-0.2, 0) is 27.8 Å². The monoisotopic (exact) mass is 488 g/mol. The molecule has 2 aromatic rings. The van der Waals surface area contributed by atoms with E-state index >= 15 is 0 Å². The van der Waals surface area contributed by atoms with Crippen molar-refractivity contribution in [2.24, 2.45) is 17.8 Å². The van der Waals surface area contributed by atoms with Crippen molar-refractivity contribution in [1.29, 1.82) is 0 Å². The molecule has 0 saturated heterocycles. The Morgan fingerprint density at radius 2 is 1.97 bits per heavy atom. The minimum Gasteiger partial charge on any atom is -0.353 e. The number of hydrogen-bond donors (Lipinski definition) is 1. The van der Waals surface area contributed by atoms with Gasteiger partial charge >= 0.3 is 0 Å². The van der Waals surface area contributed by atoms with Crippen LogP contribution in [0.4, 0.5) is 0 Å². The van der Waals surface area contributed by atoms with E-state index in [-0.39, 0.29) is 16.8 Å². The molecule has 4 rings (SSSR count). The number of rotatable bonds is 11. The van der Waals surface area contributed by atoms with Gasteiger partial charge in [0.15, 0.2) is 0 Å². The van der Waals surface area contributed by atoms with Crippen molar-refractivity contribution in [3.8, 4) is 0 Å². The van der Waals surface area contributed by atoms with Gasteiger partial charge in [0.1, 0.15) is 5.82 Å². The number of carbonyl (C=O) groups is 1. The Morgan fingerprint density at radius 3 is 2.59 bits per heavy atom. The summed E-state index contributed by atoms with van der Waals surface area (Å²) in [6.45, 7) is 9.61. The molecule has 7 nitrogen and oxygen atoms in total. The van der Waals surface area contributed by atoms with Crippen LogP contribution in [0.5, 0.6) is 0 Å². The number of carbonyl (C=O) groups excluding carboxylic acids is 1. The van der Waals surface area contributed by atoms with E-state index in [0.717, 1.165) is 36.1 Å². The Kier molecular flexibility index (Phi) is 7.67. The third-order valence-electron chi connectivity index (χ3n) is 7.99. The molecule has 188 valence electrons. The largest absolute Gasteiger partial charge is 0.353 e. The fourth-order valence-electron chi connectivity index (χ4n) is 6.26. The number of sulfonamides is 1. The average Bonchev–Trinajstić information content (AvgIpc) is 3.53. The lowest BCUT2D eigenvalue weighted by molar-refractivity contribution is -0.122. The zero-order chi connectivity index (χ0) is 24.5. The number of aromatic nitrogens is 2. The van der Waals surface area contributed by atoms with Crippen LogP contribution >= 0.6 is 0 Å². The van der Waals surface area contributed by atoms with Crippen molar-refractivity contribution in [3.63, 3.8) is 0 Å². The lowest BCUT2D eigenvalue weighted by Gasteiger charge is -2.28. The smallest absolute Gasteiger partial charge is 0.243 e. The number of imidazole rings is 1. The maximum Gasteiger partial charge on any atom is 0.243 e. The van der Waals surface area contributed by atoms with E-state index in [0.29, 0.717) is 37.4 Å². The molecule has 1 aromatic carbocycles. The number of nitrogens with one attached hydrogen (secondary N) is 1. The van der Waals surface area contributed by atoms with Gasteiger partial charge in [0.25, 0.3) is 0 Å². The molecule has 4 unspecified atom stereocenters. The molecule has 8 heteroatoms. The van der Waals surface area contributed by atoms with Crippen LogP contribution in [-0.4, -0.2) is 47.3 Å². The minimum absolute atomic E-state index is 0.0789. The molecule has 1 N–H and O–H groups in total. The van der Waals surface area contributed by atoms with Crippen molar-refractivity contribution >= 4 is 27.0 Å². The van der Waals surface area contributed by atoms with Crippen LogP contribution in [0, 0.1) is 17.8 Å². The van der Waals surface area contributed by atoms with Gasteiger partial charge in [-0.25, -0.2) is 13.4 Å². The zero-order valence-electron chi connectivity index (χ0n) is 21.1. The summed E-state index contributed by atoms with van der Waals surface area (Å²) in [6.07, 6.45) is 7.17. The maximum atomic E-state index is 13.0. The zero-order valence-corrected chi connectivity index (χ0v) is 21.9. The second kappa shape index (κ2) is 10.4. The van der Waals surface area contributed by atoms with E-state index in [2.05, 4.69) is 23.7 Å². The van der Waals surface area contributed by atoms with Crippen LogP contribution in [0.25, 0.3) is 11.0 Å². The summed E-state index contributed by atoms with van der Waals surface area (Å²) in [7, 11) is -3.54. The fourth-order valence-corrected chi connectivity index (χ4v) is 7.74. The first-order chi connectivity index (χ1) is 16.3. The van der Waals surface area contributed by atoms with E-state index in [1.807, 2.05) is 19.9 Å². The molecule has 2 fully saturated rings. The molecule has 34 heavy (non-hydrogen) atoms. The van der Waals surface area contributed by atoms with Gasteiger partial charge in [-0.3, -0.25) is 4.79 Å². The second-order valence-corrected chi connectivity index (χ2v) is 12.1. The van der Waals surface area contributed by atoms with Crippen LogP contribution in [0.2, 0.25) is 0 Å². The predicted octanol–water partition coefficient (Wildman–Crippen LogP) is 4.35. The second-order valence-electron chi connectivity index (χ2n) is 10.1. The van der Waals surface area contributed by atoms with Gasteiger partial charge in [-0.2, -0.15) is 4.31 Å². The molecule has 4 atom stereocenters. The summed E-state index contributed by atoms with van der Waals surface area (Å²) in [5.74, 6) is 3.21. The first kappa shape index (κ1) is 25.2. The Bertz CT molecular complexity index is 1120. The Morgan fingerprint density at radius 1 is 1.21 bits per heavy atom. The number of amides is 1. The van der Waals surface area contributed by atoms with Gasteiger partial charge in [-0.05, 0) is 68.6 Å². The van der Waals surface area contributed by atoms with Crippen molar-refractivity contribution in [1.82, 2.24) is 19.2 Å². The summed E-state index contributed by atoms with van der Waals surface area (Å²) in [4.78, 5) is 17.8. The summed E-state index contributed by atoms with van der Waals surface area (Å²) in [6, 6.07) is 5.44. The van der Waals surface area contributed by atoms with Gasteiger partial charge in [0.05, 0.1) is 15.9 Å². The molecule has 0 radical (unpaired) electrons. The molecule has 1 aromatic heterocycles. The third-order valence-corrected chi connectivity index (χ3v) is 10.0. The van der Waals surface area contributed by atoms with E-state index in [4.69, 9.17) is 4.98 Å². The standard InChI is InChI=1S/C26H40N4O3S/c1-5-14-30-24-11-10-21(34(32,33)29(6-2)7-3)17-23(24)28-25(30)12-13-26(31)27-18(4)22-16-19-8-9-20(22)15-19/h10-11,17-20,22H,5-9,12-16H2,1-4H3,(H,27,31). The first-order valence-electron chi connectivity index (χ1n) is 13.1. The van der Waals surface area contributed by atoms with Gasteiger partial charge in [0, 0.05) is 38.5 Å². The van der Waals surface area contributed by atoms with Crippen molar-refractivity contribution in [2.75, 3.05) is 13.1 Å². The van der Waals surface area contributed by atoms with E-state index < -0.39 is 10.0 Å². The summed E-state index contributed by atoms with van der Waals surface area (Å²) in [5, 5.41) is 3.26. The SMILES string of the molecule is CCCn1c(CCC(=O)NC(C)C2CC3CCC2C3)nc2cc(S(=O)(=O)N(CC)CC)ccc21. The molecule has 1 heterocycles. The predicted molar refractivity (Wildman–Crippen MR) is 135 cm³/mol. The maximum absolute atomic E-state index is 13.0. The summed E-state index contributed by atoms with van der Waals surface area (Å²) < 4.78 is 29.5. The van der Waals surface area contributed by atoms with Crippen molar-refractivity contribution in [2.45, 2.75) is 90.1 Å². The third kappa shape index (κ3) is 4.89. The van der Waals surface area contributed by atoms with Gasteiger partial charge in [-0.15, -0.1) is 0 Å². The molecule has 0 aliphatic heterocycles. The van der Waals surface area contributed by atoms with E-state index in [1.54, 1.807) is 12.1 Å². The van der Waals surface area contributed by atoms with Crippen molar-refractivity contribution < 1.29 is 13.2 Å². The van der Waals surface area contributed by atoms with Crippen LogP contribution < -0.4 is 5.32 Å². The highest BCUT2D eigenvalue weighted by atomic mass is 32.2. The highest BCUT2D eigenvalue weighted by Gasteiger charge is 2.42. The topological polar surface area (TPSA) is 84.3 Å². The molecule has 0 spiro atoms. The molecule has 2 bridgehead atoms.